The van der Waals surface area contributed by atoms with Gasteiger partial charge >= 0.3 is 6.18 Å². The molecule has 1 nitrogen and oxygen atoms in total. The molecule has 2 aromatic carbocycles. The number of hydrogen-bond donors (Lipinski definition) is 1. The average molecular weight is 304 g/mol. The number of nitrogens with one attached hydrogen (secondary N) is 1. The Kier molecular flexibility index (Phi) is 4.18. The van der Waals surface area contributed by atoms with Gasteiger partial charge in [-0.15, -0.1) is 0 Å². The quantitative estimate of drug-likeness (QED) is 0.777. The molecular weight excluding hydrogens is 294 g/mol. The lowest BCUT2D eigenvalue weighted by molar-refractivity contribution is -0.137. The second kappa shape index (κ2) is 5.71. The number of rotatable bonds is 3. The predicted octanol–water partition coefficient (Wildman–Crippen LogP) is 5.11. The van der Waals surface area contributed by atoms with Gasteiger partial charge < -0.3 is 5.32 Å². The van der Waals surface area contributed by atoms with E-state index >= 15 is 0 Å². The summed E-state index contributed by atoms with van der Waals surface area (Å²) < 4.78 is 50.8. The first-order valence-corrected chi connectivity index (χ1v) is 6.09. The minimum Gasteiger partial charge on any atom is -0.381 e. The Bertz CT molecular complexity index is 610. The van der Waals surface area contributed by atoms with Crippen LogP contribution in [0, 0.1) is 5.82 Å². The van der Waals surface area contributed by atoms with Crippen molar-refractivity contribution in [3.8, 4) is 0 Å². The van der Waals surface area contributed by atoms with Crippen LogP contribution in [0.5, 0.6) is 0 Å². The van der Waals surface area contributed by atoms with Crippen LogP contribution in [-0.2, 0) is 12.7 Å². The topological polar surface area (TPSA) is 12.0 Å². The largest absolute Gasteiger partial charge is 0.416 e. The van der Waals surface area contributed by atoms with Gasteiger partial charge in [0.1, 0.15) is 5.82 Å². The second-order valence-electron chi connectivity index (χ2n) is 4.18. The SMILES string of the molecule is Fc1cc(CNc2cccc(C(F)(F)F)c2)ccc1Cl. The number of benzene rings is 2. The first kappa shape index (κ1) is 14.7. The Morgan fingerprint density at radius 3 is 2.45 bits per heavy atom. The first-order valence-electron chi connectivity index (χ1n) is 5.71. The third-order valence-corrected chi connectivity index (χ3v) is 2.98. The van der Waals surface area contributed by atoms with Gasteiger partial charge in [-0.3, -0.25) is 0 Å². The van der Waals surface area contributed by atoms with Crippen molar-refractivity contribution in [2.75, 3.05) is 5.32 Å². The van der Waals surface area contributed by atoms with Crippen LogP contribution >= 0.6 is 11.6 Å². The molecule has 20 heavy (non-hydrogen) atoms. The van der Waals surface area contributed by atoms with Gasteiger partial charge in [-0.25, -0.2) is 4.39 Å². The highest BCUT2D eigenvalue weighted by atomic mass is 35.5. The summed E-state index contributed by atoms with van der Waals surface area (Å²) in [5, 5.41) is 2.82. The number of anilines is 1. The molecule has 0 aliphatic rings. The van der Waals surface area contributed by atoms with Gasteiger partial charge in [0.15, 0.2) is 0 Å². The molecular formula is C14H10ClF4N. The van der Waals surface area contributed by atoms with Crippen LogP contribution in [0.25, 0.3) is 0 Å². The zero-order chi connectivity index (χ0) is 14.8. The van der Waals surface area contributed by atoms with E-state index in [9.17, 15) is 17.6 Å². The van der Waals surface area contributed by atoms with Gasteiger partial charge in [-0.1, -0.05) is 23.7 Å². The van der Waals surface area contributed by atoms with E-state index in [4.69, 9.17) is 11.6 Å². The lowest BCUT2D eigenvalue weighted by Gasteiger charge is -2.11. The summed E-state index contributed by atoms with van der Waals surface area (Å²) in [7, 11) is 0. The highest BCUT2D eigenvalue weighted by molar-refractivity contribution is 6.30. The number of halogens is 5. The second-order valence-corrected chi connectivity index (χ2v) is 4.59. The fourth-order valence-electron chi connectivity index (χ4n) is 1.66. The van der Waals surface area contributed by atoms with E-state index < -0.39 is 17.6 Å². The van der Waals surface area contributed by atoms with Crippen molar-refractivity contribution in [1.29, 1.82) is 0 Å². The Labute approximate surface area is 118 Å². The van der Waals surface area contributed by atoms with Gasteiger partial charge in [0.2, 0.25) is 0 Å². The van der Waals surface area contributed by atoms with Crippen molar-refractivity contribution in [2.45, 2.75) is 12.7 Å². The van der Waals surface area contributed by atoms with Crippen LogP contribution < -0.4 is 5.32 Å². The highest BCUT2D eigenvalue weighted by Gasteiger charge is 2.30. The Hall–Kier alpha value is -1.75. The summed E-state index contributed by atoms with van der Waals surface area (Å²) in [5.74, 6) is -0.560. The first-order chi connectivity index (χ1) is 9.36. The van der Waals surface area contributed by atoms with Gasteiger partial charge in [0.05, 0.1) is 10.6 Å². The maximum absolute atomic E-state index is 13.2. The molecule has 0 bridgehead atoms. The molecule has 0 unspecified atom stereocenters. The molecule has 1 N–H and O–H groups in total. The summed E-state index contributed by atoms with van der Waals surface area (Å²) in [6.45, 7) is 0.204. The fraction of sp³-hybridized carbons (Fsp3) is 0.143. The monoisotopic (exact) mass is 303 g/mol. The summed E-state index contributed by atoms with van der Waals surface area (Å²) in [6, 6.07) is 9.07. The molecule has 0 radical (unpaired) electrons. The van der Waals surface area contributed by atoms with Crippen LogP contribution in [0.1, 0.15) is 11.1 Å². The zero-order valence-corrected chi connectivity index (χ0v) is 10.9. The zero-order valence-electron chi connectivity index (χ0n) is 10.1. The normalized spacial score (nSPS) is 11.4. The molecule has 2 rings (SSSR count). The summed E-state index contributed by atoms with van der Waals surface area (Å²) >= 11 is 5.55. The van der Waals surface area contributed by atoms with E-state index in [2.05, 4.69) is 5.32 Å². The van der Waals surface area contributed by atoms with Gasteiger partial charge in [0, 0.05) is 12.2 Å². The molecule has 0 aliphatic carbocycles. The summed E-state index contributed by atoms with van der Waals surface area (Å²) in [6.07, 6.45) is -4.38. The fourth-order valence-corrected chi connectivity index (χ4v) is 1.78. The van der Waals surface area contributed by atoms with E-state index in [-0.39, 0.29) is 11.6 Å². The lowest BCUT2D eigenvalue weighted by Crippen LogP contribution is -2.06. The molecule has 2 aromatic rings. The third-order valence-electron chi connectivity index (χ3n) is 2.67. The molecule has 0 saturated carbocycles. The molecule has 0 fully saturated rings. The van der Waals surface area contributed by atoms with E-state index in [0.29, 0.717) is 11.3 Å². The Balaban J connectivity index is 2.09. The van der Waals surface area contributed by atoms with Crippen LogP contribution in [0.2, 0.25) is 5.02 Å². The molecule has 0 aromatic heterocycles. The van der Waals surface area contributed by atoms with Crippen molar-refractivity contribution in [3.05, 3.63) is 64.4 Å². The predicted molar refractivity (Wildman–Crippen MR) is 70.2 cm³/mol. The minimum atomic E-state index is -4.38. The van der Waals surface area contributed by atoms with Crippen molar-refractivity contribution in [2.24, 2.45) is 0 Å². The van der Waals surface area contributed by atoms with Crippen LogP contribution in [-0.4, -0.2) is 0 Å². The van der Waals surface area contributed by atoms with Crippen LogP contribution in [0.4, 0.5) is 23.2 Å². The number of hydrogen-bond acceptors (Lipinski definition) is 1. The van der Waals surface area contributed by atoms with E-state index in [0.717, 1.165) is 12.1 Å². The highest BCUT2D eigenvalue weighted by Crippen LogP contribution is 2.30. The third kappa shape index (κ3) is 3.63. The minimum absolute atomic E-state index is 0.00724. The maximum atomic E-state index is 13.2. The lowest BCUT2D eigenvalue weighted by atomic mass is 10.1. The van der Waals surface area contributed by atoms with E-state index in [1.54, 1.807) is 6.07 Å². The molecule has 0 saturated heterocycles. The van der Waals surface area contributed by atoms with Gasteiger partial charge in [-0.2, -0.15) is 13.2 Å². The van der Waals surface area contributed by atoms with Crippen molar-refractivity contribution in [3.63, 3.8) is 0 Å². The maximum Gasteiger partial charge on any atom is 0.416 e. The summed E-state index contributed by atoms with van der Waals surface area (Å²) in [5.41, 5.74) is 0.171. The van der Waals surface area contributed by atoms with Crippen LogP contribution in [0.15, 0.2) is 42.5 Å². The van der Waals surface area contributed by atoms with E-state index in [1.807, 2.05) is 0 Å². The molecule has 0 aliphatic heterocycles. The van der Waals surface area contributed by atoms with Crippen LogP contribution in [0.3, 0.4) is 0 Å². The molecule has 0 heterocycles. The molecule has 6 heteroatoms. The molecule has 0 spiro atoms. The molecule has 0 amide bonds. The van der Waals surface area contributed by atoms with Gasteiger partial charge in [0.25, 0.3) is 0 Å². The van der Waals surface area contributed by atoms with Gasteiger partial charge in [-0.05, 0) is 35.9 Å². The van der Waals surface area contributed by atoms with E-state index in [1.165, 1.54) is 24.3 Å². The Morgan fingerprint density at radius 2 is 1.80 bits per heavy atom. The smallest absolute Gasteiger partial charge is 0.381 e. The number of alkyl halides is 3. The molecule has 0 atom stereocenters. The average Bonchev–Trinajstić information content (AvgIpc) is 2.39. The standard InChI is InChI=1S/C14H10ClF4N/c15-12-5-4-9(6-13(12)16)8-20-11-3-1-2-10(7-11)14(17,18)19/h1-7,20H,8H2. The Morgan fingerprint density at radius 1 is 1.05 bits per heavy atom. The van der Waals surface area contributed by atoms with Crippen molar-refractivity contribution < 1.29 is 17.6 Å². The van der Waals surface area contributed by atoms with Crippen molar-refractivity contribution >= 4 is 17.3 Å². The van der Waals surface area contributed by atoms with Crippen molar-refractivity contribution in [1.82, 2.24) is 0 Å². The summed E-state index contributed by atoms with van der Waals surface area (Å²) in [4.78, 5) is 0. The molecule has 106 valence electrons.